The number of anilines is 1. The number of halogens is 4. The number of nitrogens with one attached hydrogen (secondary N) is 1. The van der Waals surface area contributed by atoms with Crippen LogP contribution in [-0.4, -0.2) is 34.3 Å². The third-order valence-electron chi connectivity index (χ3n) is 6.00. The van der Waals surface area contributed by atoms with E-state index in [9.17, 15) is 32.3 Å². The molecule has 178 valence electrons. The van der Waals surface area contributed by atoms with Crippen LogP contribution in [0.3, 0.4) is 0 Å². The Morgan fingerprint density at radius 1 is 1.18 bits per heavy atom. The summed E-state index contributed by atoms with van der Waals surface area (Å²) < 4.78 is 59.0. The van der Waals surface area contributed by atoms with Crippen LogP contribution in [0.4, 0.5) is 23.2 Å². The molecule has 0 saturated heterocycles. The standard InChI is InChI=1S/C24H19F4NO5/c25-19-5-2-15(24(26,27)28)11-18(19)22(7-8-22)13-23(33,6-1-9-30)21(32)29-16-3-4-17-14(10-16)12-34-20(17)31/h2-5,10-11,30,33H,7-9,12-13H2,(H,29,32). The van der Waals surface area contributed by atoms with Crippen molar-refractivity contribution in [1.82, 2.24) is 0 Å². The Balaban J connectivity index is 1.63. The van der Waals surface area contributed by atoms with E-state index >= 15 is 0 Å². The van der Waals surface area contributed by atoms with Crippen LogP contribution in [-0.2, 0) is 27.7 Å². The smallest absolute Gasteiger partial charge is 0.416 e. The number of benzene rings is 2. The summed E-state index contributed by atoms with van der Waals surface area (Å²) in [5.74, 6) is 2.10. The van der Waals surface area contributed by atoms with Gasteiger partial charge in [-0.15, -0.1) is 0 Å². The van der Waals surface area contributed by atoms with Crippen LogP contribution < -0.4 is 5.32 Å². The van der Waals surface area contributed by atoms with E-state index in [1.165, 1.54) is 18.2 Å². The molecule has 1 aliphatic carbocycles. The fourth-order valence-electron chi connectivity index (χ4n) is 4.10. The van der Waals surface area contributed by atoms with E-state index in [-0.39, 0.29) is 30.7 Å². The molecule has 1 amide bonds. The maximum atomic E-state index is 14.6. The van der Waals surface area contributed by atoms with E-state index < -0.39 is 53.5 Å². The first kappa shape index (κ1) is 23.7. The average Bonchev–Trinajstić information content (AvgIpc) is 3.46. The number of hydrogen-bond donors (Lipinski definition) is 3. The lowest BCUT2D eigenvalue weighted by Gasteiger charge is -2.28. The predicted octanol–water partition coefficient (Wildman–Crippen LogP) is 3.30. The summed E-state index contributed by atoms with van der Waals surface area (Å²) in [7, 11) is 0. The molecule has 1 unspecified atom stereocenters. The summed E-state index contributed by atoms with van der Waals surface area (Å²) in [6.45, 7) is -0.663. The Morgan fingerprint density at radius 2 is 1.91 bits per heavy atom. The van der Waals surface area contributed by atoms with Crippen LogP contribution in [0.25, 0.3) is 0 Å². The van der Waals surface area contributed by atoms with E-state index in [2.05, 4.69) is 17.2 Å². The van der Waals surface area contributed by atoms with Crippen molar-refractivity contribution in [3.63, 3.8) is 0 Å². The second-order valence-electron chi connectivity index (χ2n) is 8.37. The molecule has 1 atom stereocenters. The number of carbonyl (C=O) groups is 2. The molecule has 3 N–H and O–H groups in total. The normalized spacial score (nSPS) is 17.6. The first-order valence-corrected chi connectivity index (χ1v) is 10.3. The maximum Gasteiger partial charge on any atom is 0.416 e. The van der Waals surface area contributed by atoms with Gasteiger partial charge in [0.05, 0.1) is 11.1 Å². The lowest BCUT2D eigenvalue weighted by Crippen LogP contribution is -2.44. The molecule has 34 heavy (non-hydrogen) atoms. The van der Waals surface area contributed by atoms with Crippen LogP contribution in [0.5, 0.6) is 0 Å². The van der Waals surface area contributed by atoms with Crippen molar-refractivity contribution in [3.05, 3.63) is 64.5 Å². The third kappa shape index (κ3) is 4.49. The van der Waals surface area contributed by atoms with Gasteiger partial charge in [-0.25, -0.2) is 9.18 Å². The van der Waals surface area contributed by atoms with E-state index in [1.807, 2.05) is 0 Å². The highest BCUT2D eigenvalue weighted by Gasteiger charge is 2.53. The van der Waals surface area contributed by atoms with E-state index in [0.29, 0.717) is 29.3 Å². The largest absolute Gasteiger partial charge is 0.457 e. The number of fused-ring (bicyclic) bond motifs is 1. The fraction of sp³-hybridized carbons (Fsp3) is 0.333. The molecule has 1 heterocycles. The van der Waals surface area contributed by atoms with Gasteiger partial charge in [0.25, 0.3) is 5.91 Å². The molecule has 0 radical (unpaired) electrons. The Morgan fingerprint density at radius 3 is 2.56 bits per heavy atom. The van der Waals surface area contributed by atoms with Gasteiger partial charge in [-0.05, 0) is 54.8 Å². The number of aliphatic hydroxyl groups is 2. The van der Waals surface area contributed by atoms with Crippen LogP contribution in [0.15, 0.2) is 36.4 Å². The number of rotatable bonds is 5. The van der Waals surface area contributed by atoms with Crippen molar-refractivity contribution in [2.75, 3.05) is 11.9 Å². The molecule has 0 aromatic heterocycles. The lowest BCUT2D eigenvalue weighted by molar-refractivity contribution is -0.137. The Kier molecular flexibility index (Phi) is 5.87. The minimum atomic E-state index is -4.69. The first-order chi connectivity index (χ1) is 16.0. The number of amides is 1. The van der Waals surface area contributed by atoms with Crippen molar-refractivity contribution in [2.45, 2.75) is 43.1 Å². The van der Waals surface area contributed by atoms with E-state index in [1.54, 1.807) is 0 Å². The Hall–Kier alpha value is -3.42. The summed E-state index contributed by atoms with van der Waals surface area (Å²) in [6, 6.07) is 6.38. The number of aliphatic hydroxyl groups excluding tert-OH is 1. The van der Waals surface area contributed by atoms with Crippen molar-refractivity contribution in [1.29, 1.82) is 0 Å². The van der Waals surface area contributed by atoms with E-state index in [4.69, 9.17) is 9.84 Å². The molecule has 6 nitrogen and oxygen atoms in total. The molecule has 1 saturated carbocycles. The summed E-state index contributed by atoms with van der Waals surface area (Å²) >= 11 is 0. The van der Waals surface area contributed by atoms with Gasteiger partial charge in [-0.3, -0.25) is 4.79 Å². The zero-order chi connectivity index (χ0) is 24.7. The number of cyclic esters (lactones) is 1. The van der Waals surface area contributed by atoms with Gasteiger partial charge in [-0.2, -0.15) is 13.2 Å². The predicted molar refractivity (Wildman–Crippen MR) is 111 cm³/mol. The van der Waals surface area contributed by atoms with Crippen molar-refractivity contribution in [2.24, 2.45) is 0 Å². The fourth-order valence-corrected chi connectivity index (χ4v) is 4.10. The average molecular weight is 477 g/mol. The van der Waals surface area contributed by atoms with Gasteiger partial charge < -0.3 is 20.3 Å². The molecule has 2 aromatic carbocycles. The highest BCUT2D eigenvalue weighted by atomic mass is 19.4. The maximum absolute atomic E-state index is 14.6. The van der Waals surface area contributed by atoms with Crippen molar-refractivity contribution in [3.8, 4) is 11.8 Å². The third-order valence-corrected chi connectivity index (χ3v) is 6.00. The molecule has 0 bridgehead atoms. The van der Waals surface area contributed by atoms with Gasteiger partial charge in [-0.1, -0.05) is 11.8 Å². The molecule has 1 aliphatic heterocycles. The van der Waals surface area contributed by atoms with Gasteiger partial charge in [0, 0.05) is 23.1 Å². The molecule has 4 rings (SSSR count). The minimum absolute atomic E-state index is 0.0183. The van der Waals surface area contributed by atoms with Crippen LogP contribution >= 0.6 is 0 Å². The van der Waals surface area contributed by atoms with Crippen LogP contribution in [0, 0.1) is 17.7 Å². The quantitative estimate of drug-likeness (QED) is 0.349. The molecule has 1 fully saturated rings. The zero-order valence-electron chi connectivity index (χ0n) is 17.6. The van der Waals surface area contributed by atoms with Gasteiger partial charge in [0.15, 0.2) is 0 Å². The zero-order valence-corrected chi connectivity index (χ0v) is 17.6. The topological polar surface area (TPSA) is 95.9 Å². The second-order valence-corrected chi connectivity index (χ2v) is 8.37. The Labute approximate surface area is 191 Å². The molecule has 2 aliphatic rings. The van der Waals surface area contributed by atoms with Gasteiger partial charge in [0.1, 0.15) is 19.0 Å². The first-order valence-electron chi connectivity index (χ1n) is 10.3. The molecule has 10 heteroatoms. The minimum Gasteiger partial charge on any atom is -0.457 e. The number of hydrogen-bond acceptors (Lipinski definition) is 5. The number of esters is 1. The highest BCUT2D eigenvalue weighted by molar-refractivity contribution is 6.01. The van der Waals surface area contributed by atoms with Gasteiger partial charge >= 0.3 is 12.1 Å². The van der Waals surface area contributed by atoms with Crippen molar-refractivity contribution < 1.29 is 42.1 Å². The number of ether oxygens (including phenoxy) is 1. The van der Waals surface area contributed by atoms with Crippen LogP contribution in [0.2, 0.25) is 0 Å². The lowest BCUT2D eigenvalue weighted by atomic mass is 9.82. The summed E-state index contributed by atoms with van der Waals surface area (Å²) in [5.41, 5.74) is -3.89. The summed E-state index contributed by atoms with van der Waals surface area (Å²) in [5, 5.41) is 22.7. The molecule has 0 spiro atoms. The SMILES string of the molecule is O=C1OCc2cc(NC(=O)C(O)(C#CCO)CC3(c4cc(C(F)(F)F)ccc4F)CC3)ccc21. The number of carbonyl (C=O) groups excluding carboxylic acids is 2. The van der Waals surface area contributed by atoms with Gasteiger partial charge in [0.2, 0.25) is 5.60 Å². The molecule has 2 aromatic rings. The monoisotopic (exact) mass is 477 g/mol. The van der Waals surface area contributed by atoms with Crippen LogP contribution in [0.1, 0.15) is 46.3 Å². The highest BCUT2D eigenvalue weighted by Crippen LogP contribution is 2.55. The van der Waals surface area contributed by atoms with Crippen molar-refractivity contribution >= 4 is 17.6 Å². The molecular formula is C24H19F4NO5. The number of alkyl halides is 3. The van der Waals surface area contributed by atoms with E-state index in [0.717, 1.165) is 0 Å². The second kappa shape index (κ2) is 8.42. The summed E-state index contributed by atoms with van der Waals surface area (Å²) in [4.78, 5) is 24.6. The summed E-state index contributed by atoms with van der Waals surface area (Å²) in [6.07, 6.45) is -4.70. The Bertz CT molecular complexity index is 1230. The molecular weight excluding hydrogens is 458 g/mol.